The van der Waals surface area contributed by atoms with Gasteiger partial charge in [0.05, 0.1) is 18.0 Å². The summed E-state index contributed by atoms with van der Waals surface area (Å²) in [7, 11) is 0. The minimum absolute atomic E-state index is 0.0991. The molecule has 22 heavy (non-hydrogen) atoms. The fourth-order valence-electron chi connectivity index (χ4n) is 2.45. The Bertz CT molecular complexity index is 444. The van der Waals surface area contributed by atoms with Gasteiger partial charge in [-0.3, -0.25) is 9.69 Å². The van der Waals surface area contributed by atoms with Crippen molar-refractivity contribution in [3.05, 3.63) is 0 Å². The number of hydrogen-bond acceptors (Lipinski definition) is 3. The van der Waals surface area contributed by atoms with E-state index in [2.05, 4.69) is 11.4 Å². The highest BCUT2D eigenvalue weighted by atomic mass is 19.4. The summed E-state index contributed by atoms with van der Waals surface area (Å²) in [6.45, 7) is 7.14. The molecule has 0 unspecified atom stereocenters. The van der Waals surface area contributed by atoms with Crippen molar-refractivity contribution in [2.24, 2.45) is 11.8 Å². The molecule has 0 aliphatic carbocycles. The first-order valence-corrected chi connectivity index (χ1v) is 7.55. The number of rotatable bonds is 4. The number of nitrogens with one attached hydrogen (secondary N) is 1. The van der Waals surface area contributed by atoms with E-state index in [0.717, 1.165) is 0 Å². The van der Waals surface area contributed by atoms with Crippen molar-refractivity contribution in [3.63, 3.8) is 0 Å². The summed E-state index contributed by atoms with van der Waals surface area (Å²) in [5, 5.41) is 11.9. The van der Waals surface area contributed by atoms with Crippen molar-refractivity contribution in [2.45, 2.75) is 58.3 Å². The number of amides is 1. The van der Waals surface area contributed by atoms with Crippen molar-refractivity contribution in [2.75, 3.05) is 13.1 Å². The van der Waals surface area contributed by atoms with Crippen LogP contribution >= 0.6 is 0 Å². The molecule has 1 aliphatic heterocycles. The summed E-state index contributed by atoms with van der Waals surface area (Å²) in [5.74, 6) is -1.89. The Hall–Kier alpha value is -1.29. The molecular weight excluding hydrogens is 295 g/mol. The second-order valence-electron chi connectivity index (χ2n) is 6.51. The van der Waals surface area contributed by atoms with Crippen LogP contribution < -0.4 is 5.32 Å². The minimum Gasteiger partial charge on any atom is -0.336 e. The van der Waals surface area contributed by atoms with E-state index in [-0.39, 0.29) is 18.9 Å². The zero-order valence-corrected chi connectivity index (χ0v) is 13.5. The zero-order valence-electron chi connectivity index (χ0n) is 13.5. The van der Waals surface area contributed by atoms with E-state index in [1.165, 1.54) is 0 Å². The van der Waals surface area contributed by atoms with Crippen LogP contribution in [-0.2, 0) is 4.79 Å². The first-order valence-electron chi connectivity index (χ1n) is 7.55. The molecule has 0 aromatic rings. The molecule has 4 nitrogen and oxygen atoms in total. The van der Waals surface area contributed by atoms with Gasteiger partial charge < -0.3 is 5.32 Å². The maximum Gasteiger partial charge on any atom is 0.393 e. The average molecular weight is 319 g/mol. The summed E-state index contributed by atoms with van der Waals surface area (Å²) in [6, 6.07) is 1.39. The maximum atomic E-state index is 12.8. The van der Waals surface area contributed by atoms with Crippen LogP contribution in [0.1, 0.15) is 40.5 Å². The first-order chi connectivity index (χ1) is 10.0. The summed E-state index contributed by atoms with van der Waals surface area (Å²) in [4.78, 5) is 13.8. The first kappa shape index (κ1) is 18.8. The molecule has 0 aromatic carbocycles. The monoisotopic (exact) mass is 319 g/mol. The van der Waals surface area contributed by atoms with Gasteiger partial charge in [0.1, 0.15) is 5.54 Å². The molecule has 0 radical (unpaired) electrons. The van der Waals surface area contributed by atoms with Crippen LogP contribution in [-0.4, -0.2) is 41.7 Å². The Balaban J connectivity index is 2.73. The number of hydrogen-bond donors (Lipinski definition) is 1. The summed E-state index contributed by atoms with van der Waals surface area (Å²) in [5.41, 5.74) is -1.02. The van der Waals surface area contributed by atoms with Gasteiger partial charge in [0.15, 0.2) is 0 Å². The molecule has 0 aromatic heterocycles. The Labute approximate surface area is 129 Å². The second-order valence-corrected chi connectivity index (χ2v) is 6.51. The number of piperidine rings is 1. The third kappa shape index (κ3) is 4.35. The molecule has 7 heteroatoms. The lowest BCUT2D eigenvalue weighted by molar-refractivity contribution is -0.189. The third-order valence-corrected chi connectivity index (χ3v) is 4.61. The van der Waals surface area contributed by atoms with E-state index in [1.807, 2.05) is 13.8 Å². The summed E-state index contributed by atoms with van der Waals surface area (Å²) < 4.78 is 38.5. The van der Waals surface area contributed by atoms with Crippen LogP contribution in [0.2, 0.25) is 0 Å². The number of carbonyl (C=O) groups excluding carboxylic acids is 1. The van der Waals surface area contributed by atoms with Gasteiger partial charge in [-0.15, -0.1) is 0 Å². The predicted octanol–water partition coefficient (Wildman–Crippen LogP) is 2.70. The number of nitrogens with zero attached hydrogens (tertiary/aromatic N) is 2. The standard InChI is InChI=1S/C15H24F3N3O/c1-10(2)14(4,9-19)20-13(22)11(3)21-7-5-6-12(8-21)15(16,17)18/h10-12H,5-8H2,1-4H3,(H,20,22)/t11-,12-,14+/m1/s1. The smallest absolute Gasteiger partial charge is 0.336 e. The topological polar surface area (TPSA) is 56.1 Å². The van der Waals surface area contributed by atoms with Gasteiger partial charge in [-0.2, -0.15) is 18.4 Å². The van der Waals surface area contributed by atoms with E-state index >= 15 is 0 Å². The highest BCUT2D eigenvalue weighted by Gasteiger charge is 2.43. The predicted molar refractivity (Wildman–Crippen MR) is 76.8 cm³/mol. The molecule has 1 heterocycles. The molecule has 126 valence electrons. The van der Waals surface area contributed by atoms with E-state index in [4.69, 9.17) is 0 Å². The molecule has 0 saturated carbocycles. The van der Waals surface area contributed by atoms with Crippen LogP contribution in [0.5, 0.6) is 0 Å². The number of carbonyl (C=O) groups is 1. The molecule has 0 bridgehead atoms. The van der Waals surface area contributed by atoms with Crippen LogP contribution in [0, 0.1) is 23.2 Å². The van der Waals surface area contributed by atoms with Gasteiger partial charge in [0, 0.05) is 6.54 Å². The third-order valence-electron chi connectivity index (χ3n) is 4.61. The number of nitriles is 1. The lowest BCUT2D eigenvalue weighted by Crippen LogP contribution is -2.57. The normalized spacial score (nSPS) is 24.4. The van der Waals surface area contributed by atoms with Crippen molar-refractivity contribution >= 4 is 5.91 Å². The molecular formula is C15H24F3N3O. The van der Waals surface area contributed by atoms with Crippen LogP contribution in [0.15, 0.2) is 0 Å². The SMILES string of the molecule is CC(C)[C@](C)(C#N)NC(=O)[C@@H](C)N1CCC[C@@H](C(F)(F)F)C1. The Morgan fingerprint density at radius 2 is 1.95 bits per heavy atom. The summed E-state index contributed by atoms with van der Waals surface area (Å²) >= 11 is 0. The Morgan fingerprint density at radius 1 is 1.36 bits per heavy atom. The van der Waals surface area contributed by atoms with Gasteiger partial charge in [-0.05, 0) is 39.2 Å². The minimum atomic E-state index is -4.23. The molecule has 1 saturated heterocycles. The largest absolute Gasteiger partial charge is 0.393 e. The molecule has 0 spiro atoms. The van der Waals surface area contributed by atoms with E-state index in [1.54, 1.807) is 18.7 Å². The number of alkyl halides is 3. The number of likely N-dealkylation sites (tertiary alicyclic amines) is 1. The van der Waals surface area contributed by atoms with Crippen molar-refractivity contribution in [3.8, 4) is 6.07 Å². The van der Waals surface area contributed by atoms with Gasteiger partial charge in [0.2, 0.25) is 5.91 Å². The molecule has 1 rings (SSSR count). The number of halogens is 3. The van der Waals surface area contributed by atoms with Gasteiger partial charge >= 0.3 is 6.18 Å². The Kier molecular flexibility index (Phi) is 5.85. The average Bonchev–Trinajstić information content (AvgIpc) is 2.45. The zero-order chi connectivity index (χ0) is 17.1. The molecule has 1 fully saturated rings. The lowest BCUT2D eigenvalue weighted by Gasteiger charge is -2.38. The maximum absolute atomic E-state index is 12.8. The van der Waals surface area contributed by atoms with Crippen molar-refractivity contribution < 1.29 is 18.0 Å². The molecule has 3 atom stereocenters. The van der Waals surface area contributed by atoms with Gasteiger partial charge in [0.25, 0.3) is 0 Å². The van der Waals surface area contributed by atoms with Crippen LogP contribution in [0.3, 0.4) is 0 Å². The van der Waals surface area contributed by atoms with Crippen LogP contribution in [0.25, 0.3) is 0 Å². The van der Waals surface area contributed by atoms with Gasteiger partial charge in [-0.1, -0.05) is 13.8 Å². The summed E-state index contributed by atoms with van der Waals surface area (Å²) in [6.07, 6.45) is -3.70. The fourth-order valence-corrected chi connectivity index (χ4v) is 2.45. The lowest BCUT2D eigenvalue weighted by atomic mass is 9.89. The quantitative estimate of drug-likeness (QED) is 0.867. The molecule has 1 N–H and O–H groups in total. The van der Waals surface area contributed by atoms with E-state index in [9.17, 15) is 23.2 Å². The molecule has 1 amide bonds. The van der Waals surface area contributed by atoms with E-state index < -0.39 is 29.6 Å². The second kappa shape index (κ2) is 6.86. The highest BCUT2D eigenvalue weighted by molar-refractivity contribution is 5.82. The molecule has 1 aliphatic rings. The van der Waals surface area contributed by atoms with Crippen LogP contribution in [0.4, 0.5) is 13.2 Å². The van der Waals surface area contributed by atoms with Crippen molar-refractivity contribution in [1.82, 2.24) is 10.2 Å². The van der Waals surface area contributed by atoms with Crippen molar-refractivity contribution in [1.29, 1.82) is 5.26 Å². The van der Waals surface area contributed by atoms with Gasteiger partial charge in [-0.25, -0.2) is 0 Å². The Morgan fingerprint density at radius 3 is 2.41 bits per heavy atom. The fraction of sp³-hybridized carbons (Fsp3) is 0.867. The van der Waals surface area contributed by atoms with E-state index in [0.29, 0.717) is 13.0 Å². The highest BCUT2D eigenvalue weighted by Crippen LogP contribution is 2.33.